The number of ether oxygens (including phenoxy) is 2. The van der Waals surface area contributed by atoms with E-state index in [9.17, 15) is 52.7 Å². The van der Waals surface area contributed by atoms with Crippen molar-refractivity contribution in [3.63, 3.8) is 0 Å². The Morgan fingerprint density at radius 3 is 1.24 bits per heavy atom. The molecule has 0 aromatic heterocycles. The second-order valence-corrected chi connectivity index (χ2v) is 7.45. The van der Waals surface area contributed by atoms with Crippen LogP contribution in [-0.4, -0.2) is 0 Å². The number of benzene rings is 3. The SMILES string of the molecule is Nc1cccc(Oc2ccc(C(F)(F)F)c(Oc3cccc(N)c3C(F)(F)F)c2C(F)(F)F)c1C(F)(F)F. The summed E-state index contributed by atoms with van der Waals surface area (Å²) in [5.74, 6) is -6.72. The van der Waals surface area contributed by atoms with E-state index >= 15 is 0 Å². The zero-order valence-electron chi connectivity index (χ0n) is 18.1. The van der Waals surface area contributed by atoms with Gasteiger partial charge < -0.3 is 20.9 Å². The van der Waals surface area contributed by atoms with Crippen LogP contribution in [0.1, 0.15) is 22.3 Å². The van der Waals surface area contributed by atoms with Gasteiger partial charge in [0.1, 0.15) is 33.9 Å². The van der Waals surface area contributed by atoms with Crippen molar-refractivity contribution in [3.05, 3.63) is 70.8 Å². The van der Waals surface area contributed by atoms with Gasteiger partial charge in [0.2, 0.25) is 0 Å². The van der Waals surface area contributed by atoms with Gasteiger partial charge in [0.25, 0.3) is 0 Å². The molecule has 0 aliphatic heterocycles. The lowest BCUT2D eigenvalue weighted by Gasteiger charge is -2.24. The molecule has 38 heavy (non-hydrogen) atoms. The second kappa shape index (κ2) is 9.40. The van der Waals surface area contributed by atoms with Gasteiger partial charge in [-0.3, -0.25) is 0 Å². The number of hydrogen-bond acceptors (Lipinski definition) is 4. The molecule has 0 radical (unpaired) electrons. The fraction of sp³-hybridized carbons (Fsp3) is 0.182. The molecule has 0 fully saturated rings. The van der Waals surface area contributed by atoms with Gasteiger partial charge >= 0.3 is 24.7 Å². The van der Waals surface area contributed by atoms with E-state index in [1.165, 1.54) is 0 Å². The van der Waals surface area contributed by atoms with Gasteiger partial charge in [0, 0.05) is 11.4 Å². The highest BCUT2D eigenvalue weighted by atomic mass is 19.4. The van der Waals surface area contributed by atoms with Crippen molar-refractivity contribution in [3.8, 4) is 23.0 Å². The van der Waals surface area contributed by atoms with Crippen molar-refractivity contribution < 1.29 is 62.2 Å². The number of rotatable bonds is 4. The van der Waals surface area contributed by atoms with Gasteiger partial charge in [0.05, 0.1) is 5.56 Å². The number of anilines is 2. The Kier molecular flexibility index (Phi) is 7.07. The highest BCUT2D eigenvalue weighted by molar-refractivity contribution is 5.62. The molecule has 3 rings (SSSR count). The van der Waals surface area contributed by atoms with Crippen LogP contribution in [0.3, 0.4) is 0 Å². The van der Waals surface area contributed by atoms with Crippen LogP contribution in [0.5, 0.6) is 23.0 Å². The molecule has 0 unspecified atom stereocenters. The summed E-state index contributed by atoms with van der Waals surface area (Å²) in [6, 6.07) is 3.97. The predicted octanol–water partition coefficient (Wildman–Crippen LogP) is 8.51. The minimum atomic E-state index is -5.84. The number of hydrogen-bond donors (Lipinski definition) is 2. The third-order valence-corrected chi connectivity index (χ3v) is 4.82. The summed E-state index contributed by atoms with van der Waals surface area (Å²) in [7, 11) is 0. The minimum Gasteiger partial charge on any atom is -0.456 e. The van der Waals surface area contributed by atoms with Crippen LogP contribution in [-0.2, 0) is 24.7 Å². The number of halogens is 12. The molecule has 0 atom stereocenters. The maximum absolute atomic E-state index is 14.1. The Morgan fingerprint density at radius 2 is 0.842 bits per heavy atom. The topological polar surface area (TPSA) is 70.5 Å². The van der Waals surface area contributed by atoms with Crippen molar-refractivity contribution in [1.82, 2.24) is 0 Å². The van der Waals surface area contributed by atoms with Crippen LogP contribution in [0.4, 0.5) is 64.1 Å². The maximum Gasteiger partial charge on any atom is 0.423 e. The van der Waals surface area contributed by atoms with E-state index in [0.29, 0.717) is 18.2 Å². The van der Waals surface area contributed by atoms with E-state index in [1.54, 1.807) is 0 Å². The first-order valence-electron chi connectivity index (χ1n) is 9.81. The fourth-order valence-electron chi connectivity index (χ4n) is 3.35. The molecular formula is C22H12F12N2O2. The lowest BCUT2D eigenvalue weighted by Crippen LogP contribution is -2.17. The zero-order valence-corrected chi connectivity index (χ0v) is 18.1. The van der Waals surface area contributed by atoms with Gasteiger partial charge in [-0.1, -0.05) is 12.1 Å². The number of nitrogen functional groups attached to an aromatic ring is 2. The molecule has 0 saturated heterocycles. The third kappa shape index (κ3) is 5.78. The first-order valence-corrected chi connectivity index (χ1v) is 9.81. The normalized spacial score (nSPS) is 12.9. The van der Waals surface area contributed by atoms with Crippen LogP contribution >= 0.6 is 0 Å². The average Bonchev–Trinajstić information content (AvgIpc) is 2.70. The first-order chi connectivity index (χ1) is 17.2. The van der Waals surface area contributed by atoms with E-state index in [1.807, 2.05) is 0 Å². The minimum absolute atomic E-state index is 0.0475. The maximum atomic E-state index is 14.1. The van der Waals surface area contributed by atoms with Gasteiger partial charge in [0.15, 0.2) is 5.75 Å². The van der Waals surface area contributed by atoms with Crippen molar-refractivity contribution in [1.29, 1.82) is 0 Å². The van der Waals surface area contributed by atoms with E-state index in [2.05, 4.69) is 4.74 Å². The van der Waals surface area contributed by atoms with Crippen LogP contribution in [0.15, 0.2) is 48.5 Å². The fourth-order valence-corrected chi connectivity index (χ4v) is 3.35. The third-order valence-electron chi connectivity index (χ3n) is 4.82. The zero-order chi connectivity index (χ0) is 28.8. The molecule has 0 aliphatic carbocycles. The highest BCUT2D eigenvalue weighted by Crippen LogP contribution is 2.53. The monoisotopic (exact) mass is 564 g/mol. The van der Waals surface area contributed by atoms with Crippen molar-refractivity contribution in [2.75, 3.05) is 11.5 Å². The molecule has 0 amide bonds. The number of alkyl halides is 12. The Bertz CT molecular complexity index is 1340. The average molecular weight is 564 g/mol. The Morgan fingerprint density at radius 1 is 0.447 bits per heavy atom. The Labute approximate surface area is 204 Å². The van der Waals surface area contributed by atoms with Crippen LogP contribution in [0.25, 0.3) is 0 Å². The van der Waals surface area contributed by atoms with Gasteiger partial charge in [-0.05, 0) is 36.4 Å². The first kappa shape index (κ1) is 28.6. The largest absolute Gasteiger partial charge is 0.456 e. The smallest absolute Gasteiger partial charge is 0.423 e. The van der Waals surface area contributed by atoms with Crippen molar-refractivity contribution >= 4 is 11.4 Å². The molecule has 0 aliphatic rings. The molecular weight excluding hydrogens is 552 g/mol. The molecule has 0 spiro atoms. The highest BCUT2D eigenvalue weighted by Gasteiger charge is 2.47. The summed E-state index contributed by atoms with van der Waals surface area (Å²) in [6.45, 7) is 0. The van der Waals surface area contributed by atoms with Crippen LogP contribution < -0.4 is 20.9 Å². The van der Waals surface area contributed by atoms with E-state index in [4.69, 9.17) is 16.2 Å². The second-order valence-electron chi connectivity index (χ2n) is 7.45. The summed E-state index contributed by atoms with van der Waals surface area (Å²) >= 11 is 0. The lowest BCUT2D eigenvalue weighted by molar-refractivity contribution is -0.145. The summed E-state index contributed by atoms with van der Waals surface area (Å²) in [6.07, 6.45) is -22.1. The number of nitrogens with two attached hydrogens (primary N) is 2. The van der Waals surface area contributed by atoms with Crippen LogP contribution in [0, 0.1) is 0 Å². The summed E-state index contributed by atoms with van der Waals surface area (Å²) in [5.41, 5.74) is 0.137. The Balaban J connectivity index is 2.35. The van der Waals surface area contributed by atoms with Crippen LogP contribution in [0.2, 0.25) is 0 Å². The molecule has 4 nitrogen and oxygen atoms in total. The quantitative estimate of drug-likeness (QED) is 0.246. The standard InChI is InChI=1S/C22H12F12N2O2/c23-19(24,25)9-7-8-14(37-12-5-1-3-10(35)15(12)20(26,27)28)17(22(32,33)34)18(9)38-13-6-2-4-11(36)16(13)21(29,30)31/h1-8H,35-36H2. The van der Waals surface area contributed by atoms with E-state index < -0.39 is 81.3 Å². The summed E-state index contributed by atoms with van der Waals surface area (Å²) in [5, 5.41) is 0. The summed E-state index contributed by atoms with van der Waals surface area (Å²) in [4.78, 5) is 0. The summed E-state index contributed by atoms with van der Waals surface area (Å²) < 4.78 is 173. The molecule has 16 heteroatoms. The molecule has 3 aromatic carbocycles. The van der Waals surface area contributed by atoms with E-state index in [-0.39, 0.29) is 12.1 Å². The van der Waals surface area contributed by atoms with Gasteiger partial charge in [-0.25, -0.2) is 0 Å². The molecule has 0 heterocycles. The lowest BCUT2D eigenvalue weighted by atomic mass is 10.1. The molecule has 206 valence electrons. The molecule has 0 bridgehead atoms. The predicted molar refractivity (Wildman–Crippen MR) is 108 cm³/mol. The molecule has 3 aromatic rings. The molecule has 0 saturated carbocycles. The van der Waals surface area contributed by atoms with E-state index in [0.717, 1.165) is 18.2 Å². The van der Waals surface area contributed by atoms with Crippen molar-refractivity contribution in [2.45, 2.75) is 24.7 Å². The van der Waals surface area contributed by atoms with Gasteiger partial charge in [-0.15, -0.1) is 0 Å². The van der Waals surface area contributed by atoms with Crippen molar-refractivity contribution in [2.24, 2.45) is 0 Å². The molecule has 4 N–H and O–H groups in total. The van der Waals surface area contributed by atoms with Gasteiger partial charge in [-0.2, -0.15) is 52.7 Å². The Hall–Kier alpha value is -3.98.